The molecule has 2 aromatic heterocycles. The summed E-state index contributed by atoms with van der Waals surface area (Å²) in [5.74, 6) is 1.71. The summed E-state index contributed by atoms with van der Waals surface area (Å²) in [4.78, 5) is 12.4. The monoisotopic (exact) mass is 567 g/mol. The maximum Gasteiger partial charge on any atom is 0.167 e. The summed E-state index contributed by atoms with van der Waals surface area (Å²) in [7, 11) is 0. The number of nitrogens with zero attached hydrogens (tertiary/aromatic N) is 1. The molecule has 0 aliphatic heterocycles. The topological polar surface area (TPSA) is 56.2 Å². The molecular formula is C39H37NO3. The summed E-state index contributed by atoms with van der Waals surface area (Å²) in [6, 6.07) is 37.2. The zero-order valence-electron chi connectivity index (χ0n) is 25.3. The lowest BCUT2D eigenvalue weighted by Gasteiger charge is -2.21. The average Bonchev–Trinajstić information content (AvgIpc) is 3.68. The fourth-order valence-corrected chi connectivity index (χ4v) is 5.58. The summed E-state index contributed by atoms with van der Waals surface area (Å²) in [6.07, 6.45) is 2.16. The van der Waals surface area contributed by atoms with Gasteiger partial charge >= 0.3 is 0 Å². The molecule has 2 heterocycles. The maximum atomic E-state index is 12.4. The molecule has 6 rings (SSSR count). The van der Waals surface area contributed by atoms with E-state index < -0.39 is 0 Å². The van der Waals surface area contributed by atoms with Crippen LogP contribution in [-0.4, -0.2) is 10.9 Å². The SMILES string of the molecule is CCCC(=O)c1ccc(CC(c2ccc(C(C)(C)C)cc2)c2cc(-c3cccc(-c4cc5ccccc5o4)c3)on2)cc1. The minimum atomic E-state index is -0.0118. The van der Waals surface area contributed by atoms with Crippen LogP contribution in [-0.2, 0) is 11.8 Å². The van der Waals surface area contributed by atoms with Crippen molar-refractivity contribution in [2.45, 2.75) is 58.3 Å². The van der Waals surface area contributed by atoms with Gasteiger partial charge in [-0.15, -0.1) is 0 Å². The van der Waals surface area contributed by atoms with E-state index in [-0.39, 0.29) is 17.1 Å². The number of furan rings is 1. The fraction of sp³-hybridized carbons (Fsp3) is 0.231. The van der Waals surface area contributed by atoms with Gasteiger partial charge in [0.25, 0.3) is 0 Å². The zero-order chi connectivity index (χ0) is 30.0. The van der Waals surface area contributed by atoms with Crippen LogP contribution in [0.25, 0.3) is 33.6 Å². The second-order valence-corrected chi connectivity index (χ2v) is 12.3. The fourth-order valence-electron chi connectivity index (χ4n) is 5.58. The molecule has 4 heteroatoms. The lowest BCUT2D eigenvalue weighted by Crippen LogP contribution is -2.12. The van der Waals surface area contributed by atoms with Gasteiger partial charge in [-0.25, -0.2) is 0 Å². The molecule has 0 saturated heterocycles. The molecular weight excluding hydrogens is 530 g/mol. The highest BCUT2D eigenvalue weighted by Gasteiger charge is 2.22. The smallest absolute Gasteiger partial charge is 0.167 e. The summed E-state index contributed by atoms with van der Waals surface area (Å²) in [5.41, 5.74) is 8.12. The molecule has 4 nitrogen and oxygen atoms in total. The molecule has 1 atom stereocenters. The Morgan fingerprint density at radius 2 is 1.51 bits per heavy atom. The second-order valence-electron chi connectivity index (χ2n) is 12.3. The Hall–Kier alpha value is -4.70. The highest BCUT2D eigenvalue weighted by Crippen LogP contribution is 2.35. The van der Waals surface area contributed by atoms with Crippen molar-refractivity contribution in [1.82, 2.24) is 5.16 Å². The molecule has 6 aromatic rings. The van der Waals surface area contributed by atoms with Crippen LogP contribution in [0.4, 0.5) is 0 Å². The minimum Gasteiger partial charge on any atom is -0.456 e. The quantitative estimate of drug-likeness (QED) is 0.163. The van der Waals surface area contributed by atoms with E-state index in [9.17, 15) is 4.79 Å². The average molecular weight is 568 g/mol. The number of carbonyl (C=O) groups excluding carboxylic acids is 1. The first kappa shape index (κ1) is 28.4. The third-order valence-corrected chi connectivity index (χ3v) is 8.11. The van der Waals surface area contributed by atoms with Gasteiger partial charge in [0, 0.05) is 40.5 Å². The highest BCUT2D eigenvalue weighted by molar-refractivity contribution is 5.96. The van der Waals surface area contributed by atoms with Gasteiger partial charge in [0.2, 0.25) is 0 Å². The number of Topliss-reactive ketones (excluding diaryl/α,β-unsaturated/α-hetero) is 1. The third kappa shape index (κ3) is 6.24. The van der Waals surface area contributed by atoms with Crippen molar-refractivity contribution in [3.63, 3.8) is 0 Å². The zero-order valence-corrected chi connectivity index (χ0v) is 25.3. The van der Waals surface area contributed by atoms with Crippen LogP contribution < -0.4 is 0 Å². The molecule has 1 unspecified atom stereocenters. The molecule has 0 saturated carbocycles. The van der Waals surface area contributed by atoms with Crippen molar-refractivity contribution < 1.29 is 13.7 Å². The van der Waals surface area contributed by atoms with Crippen molar-refractivity contribution in [1.29, 1.82) is 0 Å². The number of aromatic nitrogens is 1. The van der Waals surface area contributed by atoms with Crippen molar-refractivity contribution >= 4 is 16.8 Å². The van der Waals surface area contributed by atoms with Crippen LogP contribution in [0.3, 0.4) is 0 Å². The Balaban J connectivity index is 1.32. The van der Waals surface area contributed by atoms with E-state index in [1.807, 2.05) is 55.5 Å². The summed E-state index contributed by atoms with van der Waals surface area (Å²) >= 11 is 0. The molecule has 0 aliphatic rings. The van der Waals surface area contributed by atoms with Crippen LogP contribution in [0, 0.1) is 0 Å². The Morgan fingerprint density at radius 1 is 0.791 bits per heavy atom. The first-order valence-corrected chi connectivity index (χ1v) is 15.1. The number of para-hydroxylation sites is 1. The third-order valence-electron chi connectivity index (χ3n) is 8.11. The van der Waals surface area contributed by atoms with E-state index in [2.05, 4.69) is 86.6 Å². The summed E-state index contributed by atoms with van der Waals surface area (Å²) in [6.45, 7) is 8.71. The number of ketones is 1. The lowest BCUT2D eigenvalue weighted by atomic mass is 9.83. The standard InChI is InChI=1S/C39H37NO3/c1-5-9-35(41)28-16-14-26(15-17-28)22-33(27-18-20-32(21-19-27)39(2,3)4)34-25-38(43-40-34)30-12-8-11-29(23-30)37-24-31-10-6-7-13-36(31)42-37/h6-8,10-21,23-25,33H,5,9,22H2,1-4H3. The van der Waals surface area contributed by atoms with Gasteiger partial charge in [0.05, 0.1) is 5.69 Å². The van der Waals surface area contributed by atoms with Gasteiger partial charge in [0.15, 0.2) is 11.5 Å². The molecule has 0 amide bonds. The largest absolute Gasteiger partial charge is 0.456 e. The molecule has 0 bridgehead atoms. The van der Waals surface area contributed by atoms with Crippen LogP contribution in [0.5, 0.6) is 0 Å². The molecule has 216 valence electrons. The van der Waals surface area contributed by atoms with E-state index in [4.69, 9.17) is 8.94 Å². The number of hydrogen-bond donors (Lipinski definition) is 0. The van der Waals surface area contributed by atoms with Gasteiger partial charge in [-0.05, 0) is 53.1 Å². The number of rotatable bonds is 9. The van der Waals surface area contributed by atoms with Crippen molar-refractivity contribution in [3.8, 4) is 22.6 Å². The number of carbonyl (C=O) groups is 1. The van der Waals surface area contributed by atoms with Crippen molar-refractivity contribution in [2.75, 3.05) is 0 Å². The molecule has 0 spiro atoms. The van der Waals surface area contributed by atoms with Gasteiger partial charge in [-0.3, -0.25) is 4.79 Å². The predicted octanol–water partition coefficient (Wildman–Crippen LogP) is 10.4. The second kappa shape index (κ2) is 11.9. The molecule has 0 N–H and O–H groups in total. The molecule has 0 aliphatic carbocycles. The predicted molar refractivity (Wildman–Crippen MR) is 174 cm³/mol. The van der Waals surface area contributed by atoms with E-state index in [1.54, 1.807) is 0 Å². The number of fused-ring (bicyclic) bond motifs is 1. The van der Waals surface area contributed by atoms with Gasteiger partial charge in [0.1, 0.15) is 11.3 Å². The first-order valence-electron chi connectivity index (χ1n) is 15.1. The highest BCUT2D eigenvalue weighted by atomic mass is 16.5. The van der Waals surface area contributed by atoms with Crippen LogP contribution >= 0.6 is 0 Å². The summed E-state index contributed by atoms with van der Waals surface area (Å²) < 4.78 is 12.1. The summed E-state index contributed by atoms with van der Waals surface area (Å²) in [5, 5.41) is 5.67. The van der Waals surface area contributed by atoms with Gasteiger partial charge in [-0.1, -0.05) is 118 Å². The van der Waals surface area contributed by atoms with E-state index in [1.165, 1.54) is 11.1 Å². The Kier molecular flexibility index (Phi) is 7.86. The molecule has 4 aromatic carbocycles. The lowest BCUT2D eigenvalue weighted by molar-refractivity contribution is 0.0981. The van der Waals surface area contributed by atoms with Crippen molar-refractivity contribution in [3.05, 3.63) is 137 Å². The van der Waals surface area contributed by atoms with E-state index in [0.29, 0.717) is 12.2 Å². The molecule has 43 heavy (non-hydrogen) atoms. The minimum absolute atomic E-state index is 0.0118. The van der Waals surface area contributed by atoms with E-state index in [0.717, 1.165) is 57.5 Å². The normalized spacial score (nSPS) is 12.5. The van der Waals surface area contributed by atoms with Crippen molar-refractivity contribution in [2.24, 2.45) is 0 Å². The van der Waals surface area contributed by atoms with Crippen LogP contribution in [0.2, 0.25) is 0 Å². The van der Waals surface area contributed by atoms with Crippen LogP contribution in [0.15, 0.2) is 118 Å². The number of benzene rings is 4. The Bertz CT molecular complexity index is 1820. The van der Waals surface area contributed by atoms with Gasteiger partial charge in [-0.2, -0.15) is 0 Å². The Morgan fingerprint density at radius 3 is 2.21 bits per heavy atom. The van der Waals surface area contributed by atoms with Gasteiger partial charge < -0.3 is 8.94 Å². The van der Waals surface area contributed by atoms with Crippen LogP contribution in [0.1, 0.15) is 79.2 Å². The van der Waals surface area contributed by atoms with E-state index >= 15 is 0 Å². The first-order chi connectivity index (χ1) is 20.8. The molecule has 0 fully saturated rings. The molecule has 0 radical (unpaired) electrons. The maximum absolute atomic E-state index is 12.4. The number of hydrogen-bond acceptors (Lipinski definition) is 4. The Labute approximate surface area is 253 Å².